The van der Waals surface area contributed by atoms with Crippen LogP contribution in [-0.2, 0) is 6.42 Å². The highest BCUT2D eigenvalue weighted by Crippen LogP contribution is 2.31. The maximum atomic E-state index is 5.84. The van der Waals surface area contributed by atoms with E-state index in [9.17, 15) is 0 Å². The predicted molar refractivity (Wildman–Crippen MR) is 68.9 cm³/mol. The lowest BCUT2D eigenvalue weighted by atomic mass is 10.1. The highest BCUT2D eigenvalue weighted by atomic mass is 16.6. The molecule has 0 unspecified atom stereocenters. The monoisotopic (exact) mass is 242 g/mol. The van der Waals surface area contributed by atoms with Crippen LogP contribution in [0.15, 0.2) is 36.5 Å². The number of benzene rings is 1. The number of nitrogen functional groups attached to an aromatic ring is 1. The van der Waals surface area contributed by atoms with Crippen molar-refractivity contribution in [2.75, 3.05) is 18.9 Å². The number of hydrogen-bond acceptors (Lipinski definition) is 4. The van der Waals surface area contributed by atoms with Crippen LogP contribution in [0.3, 0.4) is 0 Å². The van der Waals surface area contributed by atoms with Crippen molar-refractivity contribution in [1.29, 1.82) is 0 Å². The van der Waals surface area contributed by atoms with Crippen LogP contribution in [0.5, 0.6) is 11.5 Å². The molecular weight excluding hydrogens is 228 g/mol. The topological polar surface area (TPSA) is 57.4 Å². The summed E-state index contributed by atoms with van der Waals surface area (Å²) in [5, 5.41) is 0. The van der Waals surface area contributed by atoms with Crippen molar-refractivity contribution < 1.29 is 9.47 Å². The van der Waals surface area contributed by atoms with Crippen molar-refractivity contribution in [1.82, 2.24) is 4.98 Å². The molecule has 0 spiro atoms. The van der Waals surface area contributed by atoms with Crippen LogP contribution in [0.4, 0.5) is 5.82 Å². The van der Waals surface area contributed by atoms with Crippen molar-refractivity contribution in [3.8, 4) is 11.5 Å². The predicted octanol–water partition coefficient (Wildman–Crippen LogP) is 2.03. The molecule has 2 heterocycles. The van der Waals surface area contributed by atoms with Gasteiger partial charge < -0.3 is 15.2 Å². The van der Waals surface area contributed by atoms with E-state index < -0.39 is 0 Å². The van der Waals surface area contributed by atoms with Gasteiger partial charge in [-0.25, -0.2) is 4.98 Å². The molecule has 0 radical (unpaired) electrons. The van der Waals surface area contributed by atoms with E-state index in [1.54, 1.807) is 6.20 Å². The van der Waals surface area contributed by atoms with E-state index in [-0.39, 0.29) is 0 Å². The molecule has 3 rings (SSSR count). The number of fused-ring (bicyclic) bond motifs is 1. The number of anilines is 1. The quantitative estimate of drug-likeness (QED) is 0.875. The Morgan fingerprint density at radius 3 is 2.78 bits per heavy atom. The number of ether oxygens (including phenoxy) is 2. The van der Waals surface area contributed by atoms with Crippen LogP contribution in [0, 0.1) is 0 Å². The van der Waals surface area contributed by atoms with Gasteiger partial charge in [0.1, 0.15) is 19.0 Å². The molecule has 0 saturated heterocycles. The van der Waals surface area contributed by atoms with Crippen LogP contribution < -0.4 is 15.2 Å². The lowest BCUT2D eigenvalue weighted by molar-refractivity contribution is 0.171. The number of hydrogen-bond donors (Lipinski definition) is 1. The Balaban J connectivity index is 1.87. The molecule has 4 heteroatoms. The highest BCUT2D eigenvalue weighted by Gasteiger charge is 2.12. The van der Waals surface area contributed by atoms with E-state index in [2.05, 4.69) is 4.98 Å². The Labute approximate surface area is 105 Å². The summed E-state index contributed by atoms with van der Waals surface area (Å²) in [6.45, 7) is 1.22. The summed E-state index contributed by atoms with van der Waals surface area (Å²) in [4.78, 5) is 4.08. The molecule has 1 aromatic heterocycles. The van der Waals surface area contributed by atoms with Crippen LogP contribution in [0.25, 0.3) is 0 Å². The maximum absolute atomic E-state index is 5.84. The van der Waals surface area contributed by atoms with E-state index >= 15 is 0 Å². The van der Waals surface area contributed by atoms with Gasteiger partial charge >= 0.3 is 0 Å². The van der Waals surface area contributed by atoms with Crippen molar-refractivity contribution >= 4 is 5.82 Å². The average Bonchev–Trinajstić information content (AvgIpc) is 2.41. The molecule has 1 aliphatic rings. The van der Waals surface area contributed by atoms with Gasteiger partial charge in [-0.05, 0) is 29.3 Å². The Hall–Kier alpha value is -2.23. The molecule has 2 N–H and O–H groups in total. The number of pyridine rings is 1. The van der Waals surface area contributed by atoms with Crippen molar-refractivity contribution in [2.24, 2.45) is 0 Å². The molecule has 0 fully saturated rings. The van der Waals surface area contributed by atoms with Gasteiger partial charge in [0.2, 0.25) is 0 Å². The first-order valence-electron chi connectivity index (χ1n) is 5.91. The lowest BCUT2D eigenvalue weighted by Gasteiger charge is -2.19. The van der Waals surface area contributed by atoms with E-state index in [4.69, 9.17) is 15.2 Å². The summed E-state index contributed by atoms with van der Waals surface area (Å²) < 4.78 is 11.1. The molecule has 2 aromatic rings. The van der Waals surface area contributed by atoms with Gasteiger partial charge in [-0.2, -0.15) is 0 Å². The number of aromatic nitrogens is 1. The molecule has 92 valence electrons. The van der Waals surface area contributed by atoms with Gasteiger partial charge in [0.25, 0.3) is 0 Å². The van der Waals surface area contributed by atoms with Gasteiger partial charge in [-0.3, -0.25) is 0 Å². The Bertz CT molecular complexity index is 569. The normalized spacial score (nSPS) is 13.3. The first kappa shape index (κ1) is 10.9. The summed E-state index contributed by atoms with van der Waals surface area (Å²) in [5.41, 5.74) is 8.00. The minimum absolute atomic E-state index is 0.576. The molecule has 0 saturated carbocycles. The molecule has 0 atom stereocenters. The van der Waals surface area contributed by atoms with Gasteiger partial charge in [-0.15, -0.1) is 0 Å². The molecule has 4 nitrogen and oxygen atoms in total. The summed E-state index contributed by atoms with van der Waals surface area (Å²) in [7, 11) is 0. The SMILES string of the molecule is Nc1ncccc1Cc1ccc2c(c1)OCCO2. The van der Waals surface area contributed by atoms with Crippen molar-refractivity contribution in [3.05, 3.63) is 47.7 Å². The Kier molecular flexibility index (Phi) is 2.76. The minimum atomic E-state index is 0.576. The summed E-state index contributed by atoms with van der Waals surface area (Å²) >= 11 is 0. The van der Waals surface area contributed by atoms with Gasteiger partial charge in [0.15, 0.2) is 11.5 Å². The summed E-state index contributed by atoms with van der Waals surface area (Å²) in [5.74, 6) is 2.19. The zero-order valence-corrected chi connectivity index (χ0v) is 9.93. The minimum Gasteiger partial charge on any atom is -0.486 e. The lowest BCUT2D eigenvalue weighted by Crippen LogP contribution is -2.15. The second-order valence-electron chi connectivity index (χ2n) is 4.20. The number of nitrogens with two attached hydrogens (primary N) is 1. The standard InChI is InChI=1S/C14H14N2O2/c15-14-11(2-1-5-16-14)8-10-3-4-12-13(9-10)18-7-6-17-12/h1-5,9H,6-8H2,(H2,15,16). The van der Waals surface area contributed by atoms with Gasteiger partial charge in [-0.1, -0.05) is 12.1 Å². The highest BCUT2D eigenvalue weighted by molar-refractivity contribution is 5.47. The second kappa shape index (κ2) is 4.56. The average molecular weight is 242 g/mol. The fraction of sp³-hybridized carbons (Fsp3) is 0.214. The summed E-state index contributed by atoms with van der Waals surface area (Å²) in [6, 6.07) is 9.85. The Morgan fingerprint density at radius 1 is 1.11 bits per heavy atom. The molecular formula is C14H14N2O2. The molecule has 1 aliphatic heterocycles. The molecule has 1 aromatic carbocycles. The van der Waals surface area contributed by atoms with Gasteiger partial charge in [0, 0.05) is 12.6 Å². The van der Waals surface area contributed by atoms with E-state index in [1.807, 2.05) is 30.3 Å². The fourth-order valence-corrected chi connectivity index (χ4v) is 2.02. The van der Waals surface area contributed by atoms with E-state index in [0.717, 1.165) is 29.0 Å². The first-order chi connectivity index (χ1) is 8.83. The third-order valence-corrected chi connectivity index (χ3v) is 2.93. The largest absolute Gasteiger partial charge is 0.486 e. The number of nitrogens with zero attached hydrogens (tertiary/aromatic N) is 1. The van der Waals surface area contributed by atoms with Crippen LogP contribution in [-0.4, -0.2) is 18.2 Å². The van der Waals surface area contributed by atoms with Gasteiger partial charge in [0.05, 0.1) is 0 Å². The second-order valence-corrected chi connectivity index (χ2v) is 4.20. The van der Waals surface area contributed by atoms with Crippen LogP contribution in [0.2, 0.25) is 0 Å². The third kappa shape index (κ3) is 2.09. The maximum Gasteiger partial charge on any atom is 0.161 e. The van der Waals surface area contributed by atoms with E-state index in [0.29, 0.717) is 19.0 Å². The van der Waals surface area contributed by atoms with Crippen molar-refractivity contribution in [2.45, 2.75) is 6.42 Å². The molecule has 0 amide bonds. The fourth-order valence-electron chi connectivity index (χ4n) is 2.02. The summed E-state index contributed by atoms with van der Waals surface area (Å²) in [6.07, 6.45) is 2.44. The van der Waals surface area contributed by atoms with Crippen LogP contribution >= 0.6 is 0 Å². The molecule has 0 aliphatic carbocycles. The molecule has 0 bridgehead atoms. The van der Waals surface area contributed by atoms with E-state index in [1.165, 1.54) is 0 Å². The smallest absolute Gasteiger partial charge is 0.161 e. The first-order valence-corrected chi connectivity index (χ1v) is 5.91. The zero-order valence-electron chi connectivity index (χ0n) is 9.93. The van der Waals surface area contributed by atoms with Crippen molar-refractivity contribution in [3.63, 3.8) is 0 Å². The Morgan fingerprint density at radius 2 is 1.94 bits per heavy atom. The number of rotatable bonds is 2. The zero-order chi connectivity index (χ0) is 12.4. The molecule has 18 heavy (non-hydrogen) atoms. The third-order valence-electron chi connectivity index (χ3n) is 2.93. The van der Waals surface area contributed by atoms with Crippen LogP contribution in [0.1, 0.15) is 11.1 Å².